The van der Waals surface area contributed by atoms with Crippen LogP contribution in [0, 0.1) is 0 Å². The van der Waals surface area contributed by atoms with Gasteiger partial charge >= 0.3 is 0 Å². The van der Waals surface area contributed by atoms with Gasteiger partial charge in [-0.3, -0.25) is 4.79 Å². The van der Waals surface area contributed by atoms with Crippen molar-refractivity contribution >= 4 is 5.91 Å². The Kier molecular flexibility index (Phi) is 4.64. The molecular formula is C13H24N2O. The van der Waals surface area contributed by atoms with Gasteiger partial charge in [0, 0.05) is 19.1 Å². The van der Waals surface area contributed by atoms with Gasteiger partial charge in [0.1, 0.15) is 0 Å². The number of amides is 1. The molecule has 92 valence electrons. The largest absolute Gasteiger partial charge is 0.342 e. The maximum atomic E-state index is 11.8. The average Bonchev–Trinajstić information content (AvgIpc) is 2.71. The van der Waals surface area contributed by atoms with E-state index in [0.29, 0.717) is 18.5 Å². The fraction of sp³-hybridized carbons (Fsp3) is 0.923. The van der Waals surface area contributed by atoms with E-state index in [1.54, 1.807) is 0 Å². The lowest BCUT2D eigenvalue weighted by molar-refractivity contribution is -0.129. The van der Waals surface area contributed by atoms with Crippen molar-refractivity contribution in [2.24, 2.45) is 0 Å². The monoisotopic (exact) mass is 224 g/mol. The minimum atomic E-state index is 0.307. The zero-order valence-electron chi connectivity index (χ0n) is 10.2. The number of nitrogens with one attached hydrogen (secondary N) is 1. The number of nitrogens with zero attached hydrogens (tertiary/aromatic N) is 1. The van der Waals surface area contributed by atoms with E-state index in [1.165, 1.54) is 51.4 Å². The second-order valence-corrected chi connectivity index (χ2v) is 5.16. The van der Waals surface area contributed by atoms with Crippen LogP contribution in [-0.4, -0.2) is 36.5 Å². The SMILES string of the molecule is O=C(CNC1CCCCCC1)N1CCCC1. The predicted molar refractivity (Wildman–Crippen MR) is 65.3 cm³/mol. The molecule has 2 fully saturated rings. The summed E-state index contributed by atoms with van der Waals surface area (Å²) < 4.78 is 0. The fourth-order valence-electron chi connectivity index (χ4n) is 2.79. The number of likely N-dealkylation sites (tertiary alicyclic amines) is 1. The Morgan fingerprint density at radius 1 is 1.00 bits per heavy atom. The van der Waals surface area contributed by atoms with E-state index >= 15 is 0 Å². The molecule has 1 aliphatic carbocycles. The summed E-state index contributed by atoms with van der Waals surface area (Å²) in [7, 11) is 0. The van der Waals surface area contributed by atoms with Gasteiger partial charge in [-0.2, -0.15) is 0 Å². The van der Waals surface area contributed by atoms with E-state index in [0.717, 1.165) is 13.1 Å². The van der Waals surface area contributed by atoms with E-state index < -0.39 is 0 Å². The summed E-state index contributed by atoms with van der Waals surface area (Å²) in [6, 6.07) is 0.592. The third-order valence-corrected chi connectivity index (χ3v) is 3.86. The first-order chi connectivity index (χ1) is 7.86. The van der Waals surface area contributed by atoms with Crippen molar-refractivity contribution in [3.8, 4) is 0 Å². The molecule has 1 heterocycles. The maximum Gasteiger partial charge on any atom is 0.236 e. The first-order valence-electron chi connectivity index (χ1n) is 6.87. The van der Waals surface area contributed by atoms with Gasteiger partial charge in [0.05, 0.1) is 6.54 Å². The molecule has 3 nitrogen and oxygen atoms in total. The maximum absolute atomic E-state index is 11.8. The molecule has 0 aromatic carbocycles. The standard InChI is InChI=1S/C13H24N2O/c16-13(15-9-5-6-10-15)11-14-12-7-3-1-2-4-8-12/h12,14H,1-11H2. The normalized spacial score (nSPS) is 23.4. The van der Waals surface area contributed by atoms with Crippen molar-refractivity contribution in [2.45, 2.75) is 57.4 Å². The van der Waals surface area contributed by atoms with Crippen LogP contribution in [0.4, 0.5) is 0 Å². The van der Waals surface area contributed by atoms with Gasteiger partial charge in [0.2, 0.25) is 5.91 Å². The number of carbonyl (C=O) groups is 1. The summed E-state index contributed by atoms with van der Waals surface area (Å²) in [6.45, 7) is 2.51. The second-order valence-electron chi connectivity index (χ2n) is 5.16. The molecular weight excluding hydrogens is 200 g/mol. The zero-order chi connectivity index (χ0) is 11.2. The van der Waals surface area contributed by atoms with Crippen LogP contribution < -0.4 is 5.32 Å². The van der Waals surface area contributed by atoms with Crippen LogP contribution in [0.25, 0.3) is 0 Å². The molecule has 0 bridgehead atoms. The molecule has 1 aliphatic heterocycles. The van der Waals surface area contributed by atoms with E-state index in [9.17, 15) is 4.79 Å². The molecule has 1 amide bonds. The van der Waals surface area contributed by atoms with Crippen LogP contribution in [0.1, 0.15) is 51.4 Å². The van der Waals surface area contributed by atoms with Crippen molar-refractivity contribution in [1.82, 2.24) is 10.2 Å². The van der Waals surface area contributed by atoms with Crippen molar-refractivity contribution in [3.63, 3.8) is 0 Å². The summed E-state index contributed by atoms with van der Waals surface area (Å²) in [6.07, 6.45) is 10.3. The third-order valence-electron chi connectivity index (χ3n) is 3.86. The lowest BCUT2D eigenvalue weighted by Crippen LogP contribution is -2.40. The highest BCUT2D eigenvalue weighted by Gasteiger charge is 2.19. The summed E-state index contributed by atoms with van der Waals surface area (Å²) in [5.41, 5.74) is 0. The van der Waals surface area contributed by atoms with Gasteiger partial charge in [-0.25, -0.2) is 0 Å². The smallest absolute Gasteiger partial charge is 0.236 e. The molecule has 3 heteroatoms. The molecule has 0 unspecified atom stereocenters. The zero-order valence-corrected chi connectivity index (χ0v) is 10.2. The van der Waals surface area contributed by atoms with Crippen molar-refractivity contribution in [3.05, 3.63) is 0 Å². The highest BCUT2D eigenvalue weighted by molar-refractivity contribution is 5.78. The molecule has 1 saturated carbocycles. The average molecular weight is 224 g/mol. The van der Waals surface area contributed by atoms with Gasteiger partial charge in [0.15, 0.2) is 0 Å². The Labute approximate surface area is 98.6 Å². The Morgan fingerprint density at radius 2 is 1.62 bits per heavy atom. The predicted octanol–water partition coefficient (Wildman–Crippen LogP) is 1.92. The molecule has 16 heavy (non-hydrogen) atoms. The Bertz CT molecular complexity index is 216. The van der Waals surface area contributed by atoms with E-state index in [2.05, 4.69) is 5.32 Å². The summed E-state index contributed by atoms with van der Waals surface area (Å²) >= 11 is 0. The lowest BCUT2D eigenvalue weighted by atomic mass is 10.1. The third kappa shape index (κ3) is 3.48. The van der Waals surface area contributed by atoms with Crippen molar-refractivity contribution in [2.75, 3.05) is 19.6 Å². The minimum absolute atomic E-state index is 0.307. The van der Waals surface area contributed by atoms with Gasteiger partial charge in [-0.15, -0.1) is 0 Å². The first kappa shape index (κ1) is 11.9. The molecule has 1 N–H and O–H groups in total. The fourth-order valence-corrected chi connectivity index (χ4v) is 2.79. The van der Waals surface area contributed by atoms with Crippen LogP contribution in [0.3, 0.4) is 0 Å². The molecule has 0 atom stereocenters. The molecule has 0 aromatic heterocycles. The van der Waals surface area contributed by atoms with Crippen LogP contribution in [0.15, 0.2) is 0 Å². The van der Waals surface area contributed by atoms with Gasteiger partial charge < -0.3 is 10.2 Å². The second kappa shape index (κ2) is 6.24. The Morgan fingerprint density at radius 3 is 2.25 bits per heavy atom. The van der Waals surface area contributed by atoms with Crippen LogP contribution in [0.5, 0.6) is 0 Å². The quantitative estimate of drug-likeness (QED) is 0.743. The molecule has 2 rings (SSSR count). The molecule has 0 radical (unpaired) electrons. The molecule has 0 aromatic rings. The van der Waals surface area contributed by atoms with Crippen LogP contribution in [0.2, 0.25) is 0 Å². The Hall–Kier alpha value is -0.570. The first-order valence-corrected chi connectivity index (χ1v) is 6.87. The summed E-state index contributed by atoms with van der Waals surface area (Å²) in [4.78, 5) is 13.8. The number of hydrogen-bond donors (Lipinski definition) is 1. The number of hydrogen-bond acceptors (Lipinski definition) is 2. The van der Waals surface area contributed by atoms with Gasteiger partial charge in [0.25, 0.3) is 0 Å². The molecule has 2 aliphatic rings. The lowest BCUT2D eigenvalue weighted by Gasteiger charge is -2.19. The minimum Gasteiger partial charge on any atom is -0.342 e. The highest BCUT2D eigenvalue weighted by Crippen LogP contribution is 2.17. The number of rotatable bonds is 3. The van der Waals surface area contributed by atoms with E-state index in [1.807, 2.05) is 4.90 Å². The molecule has 1 saturated heterocycles. The Balaban J connectivity index is 1.67. The van der Waals surface area contributed by atoms with Crippen molar-refractivity contribution in [1.29, 1.82) is 0 Å². The van der Waals surface area contributed by atoms with Gasteiger partial charge in [-0.1, -0.05) is 25.7 Å². The van der Waals surface area contributed by atoms with Crippen molar-refractivity contribution < 1.29 is 4.79 Å². The van der Waals surface area contributed by atoms with Crippen LogP contribution in [-0.2, 0) is 4.79 Å². The van der Waals surface area contributed by atoms with Crippen LogP contribution >= 0.6 is 0 Å². The topological polar surface area (TPSA) is 32.3 Å². The van der Waals surface area contributed by atoms with E-state index in [-0.39, 0.29) is 0 Å². The highest BCUT2D eigenvalue weighted by atomic mass is 16.2. The summed E-state index contributed by atoms with van der Waals surface area (Å²) in [5.74, 6) is 0.307. The number of carbonyl (C=O) groups excluding carboxylic acids is 1. The van der Waals surface area contributed by atoms with E-state index in [4.69, 9.17) is 0 Å². The van der Waals surface area contributed by atoms with Gasteiger partial charge in [-0.05, 0) is 25.7 Å². The summed E-state index contributed by atoms with van der Waals surface area (Å²) in [5, 5.41) is 3.45. The molecule has 0 spiro atoms.